The van der Waals surface area contributed by atoms with E-state index in [0.29, 0.717) is 24.7 Å². The lowest BCUT2D eigenvalue weighted by molar-refractivity contribution is -0.187. The van der Waals surface area contributed by atoms with Crippen molar-refractivity contribution in [2.24, 2.45) is 11.8 Å². The molecule has 0 radical (unpaired) electrons. The first-order valence-corrected chi connectivity index (χ1v) is 15.3. The van der Waals surface area contributed by atoms with Gasteiger partial charge in [-0.1, -0.05) is 56.9 Å². The predicted molar refractivity (Wildman–Crippen MR) is 157 cm³/mol. The van der Waals surface area contributed by atoms with Gasteiger partial charge in [0.25, 0.3) is 0 Å². The van der Waals surface area contributed by atoms with Crippen molar-refractivity contribution in [3.63, 3.8) is 0 Å². The highest BCUT2D eigenvalue weighted by Gasteiger charge is 2.38. The molecule has 0 spiro atoms. The molecule has 0 saturated heterocycles. The molecule has 1 fully saturated rings. The van der Waals surface area contributed by atoms with Gasteiger partial charge in [0.15, 0.2) is 23.6 Å². The van der Waals surface area contributed by atoms with Crippen molar-refractivity contribution < 1.29 is 44.9 Å². The van der Waals surface area contributed by atoms with Gasteiger partial charge >= 0.3 is 12.2 Å². The summed E-state index contributed by atoms with van der Waals surface area (Å²) in [5.74, 6) is -5.75. The molecule has 1 aliphatic carbocycles. The number of rotatable bonds is 15. The second-order valence-corrected chi connectivity index (χ2v) is 11.5. The highest BCUT2D eigenvalue weighted by molar-refractivity contribution is 5.37. The SMILES string of the molecule is CCCCCc1ccc(CCC2CCC(COc3ccc(C(F)(F)Oc4cc(F)c(OC=C(F)F)c(F)c4)c(F)c3)CC2)cc1. The second-order valence-electron chi connectivity index (χ2n) is 11.5. The van der Waals surface area contributed by atoms with Crippen LogP contribution < -0.4 is 14.2 Å². The van der Waals surface area contributed by atoms with Gasteiger partial charge in [-0.15, -0.1) is 0 Å². The van der Waals surface area contributed by atoms with E-state index in [-0.39, 0.29) is 17.9 Å². The molecule has 1 saturated carbocycles. The predicted octanol–water partition coefficient (Wildman–Crippen LogP) is 10.9. The largest absolute Gasteiger partial charge is 0.493 e. The van der Waals surface area contributed by atoms with E-state index in [1.165, 1.54) is 36.5 Å². The Morgan fingerprint density at radius 1 is 0.778 bits per heavy atom. The molecular formula is C35H37F7O3. The van der Waals surface area contributed by atoms with E-state index in [9.17, 15) is 30.7 Å². The first-order valence-electron chi connectivity index (χ1n) is 15.3. The fraction of sp³-hybridized carbons (Fsp3) is 0.429. The third-order valence-corrected chi connectivity index (χ3v) is 8.12. The van der Waals surface area contributed by atoms with Crippen LogP contribution in [0, 0.1) is 29.3 Å². The van der Waals surface area contributed by atoms with Crippen molar-refractivity contribution in [2.45, 2.75) is 77.2 Å². The molecule has 3 aromatic carbocycles. The summed E-state index contributed by atoms with van der Waals surface area (Å²) in [6.07, 6.45) is 4.16. The normalized spacial score (nSPS) is 16.7. The van der Waals surface area contributed by atoms with E-state index < -0.39 is 46.7 Å². The standard InChI is InChI=1S/C35H37F7O3/c1-2-3-4-5-23-6-8-24(9-7-23)10-11-25-12-14-26(15-13-25)21-43-27-16-17-29(30(36)18-27)35(41,42)45-28-19-31(37)34(32(38)20-28)44-22-33(39)40/h6-9,16-20,22,25-26H,2-5,10-15,21H2,1H3. The van der Waals surface area contributed by atoms with Crippen LogP contribution in [-0.2, 0) is 19.0 Å². The molecule has 0 heterocycles. The maximum atomic E-state index is 14.7. The van der Waals surface area contributed by atoms with E-state index in [1.807, 2.05) is 0 Å². The van der Waals surface area contributed by atoms with Gasteiger partial charge in [0.2, 0.25) is 0 Å². The van der Waals surface area contributed by atoms with Crippen LogP contribution in [0.4, 0.5) is 30.7 Å². The van der Waals surface area contributed by atoms with Crippen LogP contribution in [-0.4, -0.2) is 6.61 Å². The Morgan fingerprint density at radius 3 is 1.98 bits per heavy atom. The van der Waals surface area contributed by atoms with Crippen LogP contribution in [0.3, 0.4) is 0 Å². The average Bonchev–Trinajstić information content (AvgIpc) is 2.99. The topological polar surface area (TPSA) is 27.7 Å². The van der Waals surface area contributed by atoms with Crippen LogP contribution in [0.1, 0.15) is 75.0 Å². The lowest BCUT2D eigenvalue weighted by Gasteiger charge is -2.28. The van der Waals surface area contributed by atoms with Crippen LogP contribution >= 0.6 is 0 Å². The van der Waals surface area contributed by atoms with Crippen molar-refractivity contribution in [2.75, 3.05) is 6.61 Å². The van der Waals surface area contributed by atoms with Gasteiger partial charge in [0.1, 0.15) is 22.9 Å². The Balaban J connectivity index is 1.23. The maximum Gasteiger partial charge on any atom is 0.429 e. The van der Waals surface area contributed by atoms with E-state index in [0.717, 1.165) is 57.1 Å². The Morgan fingerprint density at radius 2 is 1.38 bits per heavy atom. The number of ether oxygens (including phenoxy) is 3. The minimum Gasteiger partial charge on any atom is -0.493 e. The van der Waals surface area contributed by atoms with Crippen LogP contribution in [0.25, 0.3) is 0 Å². The minimum atomic E-state index is -4.32. The van der Waals surface area contributed by atoms with Gasteiger partial charge in [-0.2, -0.15) is 17.6 Å². The van der Waals surface area contributed by atoms with Gasteiger partial charge in [0.05, 0.1) is 6.61 Å². The summed E-state index contributed by atoms with van der Waals surface area (Å²) in [5, 5.41) is 0. The number of halogens is 7. The van der Waals surface area contributed by atoms with Crippen LogP contribution in [0.15, 0.2) is 66.9 Å². The van der Waals surface area contributed by atoms with E-state index in [4.69, 9.17) is 4.74 Å². The van der Waals surface area contributed by atoms with E-state index in [1.54, 1.807) is 0 Å². The van der Waals surface area contributed by atoms with Crippen molar-refractivity contribution in [3.05, 3.63) is 101 Å². The second kappa shape index (κ2) is 16.0. The summed E-state index contributed by atoms with van der Waals surface area (Å²) >= 11 is 0. The Bertz CT molecular complexity index is 1390. The molecule has 3 aromatic rings. The zero-order valence-electron chi connectivity index (χ0n) is 25.1. The molecule has 1 aliphatic rings. The number of hydrogen-bond donors (Lipinski definition) is 0. The van der Waals surface area contributed by atoms with Gasteiger partial charge in [-0.3, -0.25) is 0 Å². The minimum absolute atomic E-state index is 0.0686. The van der Waals surface area contributed by atoms with Gasteiger partial charge in [0, 0.05) is 18.2 Å². The number of alkyl halides is 2. The maximum absolute atomic E-state index is 14.7. The van der Waals surface area contributed by atoms with Gasteiger partial charge in [-0.25, -0.2) is 13.2 Å². The van der Waals surface area contributed by atoms with Crippen molar-refractivity contribution in [3.8, 4) is 17.2 Å². The molecular weight excluding hydrogens is 601 g/mol. The van der Waals surface area contributed by atoms with E-state index in [2.05, 4.69) is 40.7 Å². The zero-order chi connectivity index (χ0) is 32.4. The lowest BCUT2D eigenvalue weighted by atomic mass is 9.80. The zero-order valence-corrected chi connectivity index (χ0v) is 25.1. The Kier molecular flexibility index (Phi) is 12.2. The molecule has 45 heavy (non-hydrogen) atoms. The molecule has 0 bridgehead atoms. The third-order valence-electron chi connectivity index (χ3n) is 8.12. The first kappa shape index (κ1) is 34.2. The Hall–Kier alpha value is -3.69. The van der Waals surface area contributed by atoms with Crippen LogP contribution in [0.5, 0.6) is 17.2 Å². The number of aryl methyl sites for hydroxylation is 2. The molecule has 0 N–H and O–H groups in total. The fourth-order valence-electron chi connectivity index (χ4n) is 5.56. The molecule has 4 rings (SSSR count). The molecule has 3 nitrogen and oxygen atoms in total. The summed E-state index contributed by atoms with van der Waals surface area (Å²) in [4.78, 5) is 0. The summed E-state index contributed by atoms with van der Waals surface area (Å²) in [5.41, 5.74) is 1.57. The van der Waals surface area contributed by atoms with Gasteiger partial charge in [-0.05, 0) is 73.6 Å². The van der Waals surface area contributed by atoms with Crippen molar-refractivity contribution in [1.29, 1.82) is 0 Å². The summed E-state index contributed by atoms with van der Waals surface area (Å²) in [6.45, 7) is 2.53. The van der Waals surface area contributed by atoms with Gasteiger partial charge < -0.3 is 14.2 Å². The molecule has 0 amide bonds. The number of hydrogen-bond acceptors (Lipinski definition) is 3. The molecule has 0 aliphatic heterocycles. The summed E-state index contributed by atoms with van der Waals surface area (Å²) in [6, 6.07) is 12.3. The molecule has 0 unspecified atom stereocenters. The molecule has 244 valence electrons. The van der Waals surface area contributed by atoms with E-state index >= 15 is 0 Å². The number of benzene rings is 3. The monoisotopic (exact) mass is 638 g/mol. The molecule has 0 aromatic heterocycles. The third kappa shape index (κ3) is 10.2. The quantitative estimate of drug-likeness (QED) is 0.0942. The number of unbranched alkanes of at least 4 members (excludes halogenated alkanes) is 2. The summed E-state index contributed by atoms with van der Waals surface area (Å²) in [7, 11) is 0. The highest BCUT2D eigenvalue weighted by atomic mass is 19.3. The smallest absolute Gasteiger partial charge is 0.429 e. The average molecular weight is 639 g/mol. The first-order chi connectivity index (χ1) is 21.5. The summed E-state index contributed by atoms with van der Waals surface area (Å²) < 4.78 is 111. The molecule has 0 atom stereocenters. The van der Waals surface area contributed by atoms with Crippen molar-refractivity contribution >= 4 is 0 Å². The highest BCUT2D eigenvalue weighted by Crippen LogP contribution is 2.37. The fourth-order valence-corrected chi connectivity index (χ4v) is 5.56. The lowest BCUT2D eigenvalue weighted by Crippen LogP contribution is -2.24. The van der Waals surface area contributed by atoms with Crippen LogP contribution in [0.2, 0.25) is 0 Å². The Labute approximate surface area is 259 Å². The van der Waals surface area contributed by atoms with Crippen molar-refractivity contribution in [1.82, 2.24) is 0 Å². The molecule has 10 heteroatoms.